The Balaban J connectivity index is 1.62. The van der Waals surface area contributed by atoms with Gasteiger partial charge in [-0.25, -0.2) is 4.98 Å². The van der Waals surface area contributed by atoms with Crippen LogP contribution >= 0.6 is 11.8 Å². The molecular weight excluding hydrogens is 358 g/mol. The molecule has 0 atom stereocenters. The zero-order chi connectivity index (χ0) is 19.1. The van der Waals surface area contributed by atoms with Crippen LogP contribution in [0.1, 0.15) is 29.8 Å². The van der Waals surface area contributed by atoms with Gasteiger partial charge in [-0.3, -0.25) is 4.79 Å². The monoisotopic (exact) mass is 383 g/mol. The normalized spacial score (nSPS) is 11.2. The van der Waals surface area contributed by atoms with Crippen LogP contribution in [-0.4, -0.2) is 42.0 Å². The van der Waals surface area contributed by atoms with Gasteiger partial charge in [0, 0.05) is 24.4 Å². The summed E-state index contributed by atoms with van der Waals surface area (Å²) in [5.41, 5.74) is 3.32. The lowest BCUT2D eigenvalue weighted by atomic mass is 10.1. The van der Waals surface area contributed by atoms with Crippen molar-refractivity contribution in [1.29, 1.82) is 0 Å². The van der Waals surface area contributed by atoms with E-state index in [1.54, 1.807) is 0 Å². The number of fused-ring (bicyclic) bond motifs is 1. The predicted octanol–water partition coefficient (Wildman–Crippen LogP) is 4.19. The van der Waals surface area contributed by atoms with Crippen LogP contribution in [0, 0.1) is 0 Å². The smallest absolute Gasteiger partial charge is 0.257 e. The zero-order valence-corrected chi connectivity index (χ0v) is 16.6. The Morgan fingerprint density at radius 2 is 1.85 bits per heavy atom. The molecule has 1 aromatic heterocycles. The molecule has 5 nitrogen and oxygen atoms in total. The molecule has 0 unspecified atom stereocenters. The van der Waals surface area contributed by atoms with Crippen molar-refractivity contribution in [2.45, 2.75) is 24.8 Å². The lowest BCUT2D eigenvalue weighted by molar-refractivity contribution is 0.0948. The molecule has 0 fully saturated rings. The van der Waals surface area contributed by atoms with Gasteiger partial charge in [0.05, 0.1) is 0 Å². The minimum absolute atomic E-state index is 0.0316. The summed E-state index contributed by atoms with van der Waals surface area (Å²) in [5.74, 6) is 0.600. The number of hydrogen-bond donors (Lipinski definition) is 1. The van der Waals surface area contributed by atoms with Gasteiger partial charge in [0.15, 0.2) is 5.58 Å². The summed E-state index contributed by atoms with van der Waals surface area (Å²) < 4.78 is 5.75. The van der Waals surface area contributed by atoms with Gasteiger partial charge in [0.1, 0.15) is 5.52 Å². The number of rotatable bonds is 9. The third-order valence-electron chi connectivity index (χ3n) is 4.50. The maximum atomic E-state index is 12.6. The number of oxazole rings is 1. The summed E-state index contributed by atoms with van der Waals surface area (Å²) in [6, 6.07) is 15.4. The number of para-hydroxylation sites is 2. The second-order valence-electron chi connectivity index (χ2n) is 6.18. The number of nitrogens with one attached hydrogen (secondary N) is 1. The van der Waals surface area contributed by atoms with Crippen LogP contribution in [0.4, 0.5) is 0 Å². The number of aromatic nitrogens is 1. The summed E-state index contributed by atoms with van der Waals surface area (Å²) in [7, 11) is 0. The molecule has 3 rings (SSSR count). The summed E-state index contributed by atoms with van der Waals surface area (Å²) in [6.07, 6.45) is 0. The number of hydrogen-bond acceptors (Lipinski definition) is 5. The van der Waals surface area contributed by atoms with Crippen LogP contribution in [0.15, 0.2) is 58.2 Å². The SMILES string of the molecule is CCN(CC)CCNC(=O)c1ccccc1CSc1nc2ccccc2o1. The highest BCUT2D eigenvalue weighted by atomic mass is 32.2. The molecule has 0 aliphatic heterocycles. The van der Waals surface area contributed by atoms with Crippen molar-refractivity contribution in [2.24, 2.45) is 0 Å². The molecule has 0 saturated heterocycles. The van der Waals surface area contributed by atoms with Gasteiger partial charge in [0.25, 0.3) is 11.1 Å². The first-order valence-electron chi connectivity index (χ1n) is 9.28. The van der Waals surface area contributed by atoms with Gasteiger partial charge in [0.2, 0.25) is 0 Å². The van der Waals surface area contributed by atoms with E-state index < -0.39 is 0 Å². The molecular formula is C21H25N3O2S. The van der Waals surface area contributed by atoms with Crippen molar-refractivity contribution in [3.05, 3.63) is 59.7 Å². The van der Waals surface area contributed by atoms with Gasteiger partial charge in [-0.05, 0) is 36.9 Å². The Labute approximate surface area is 164 Å². The molecule has 6 heteroatoms. The van der Waals surface area contributed by atoms with E-state index in [0.29, 0.717) is 23.1 Å². The average molecular weight is 384 g/mol. The molecule has 27 heavy (non-hydrogen) atoms. The largest absolute Gasteiger partial charge is 0.431 e. The molecule has 1 amide bonds. The van der Waals surface area contributed by atoms with Crippen molar-refractivity contribution in [2.75, 3.05) is 26.2 Å². The van der Waals surface area contributed by atoms with E-state index in [2.05, 4.69) is 29.0 Å². The fourth-order valence-electron chi connectivity index (χ4n) is 2.88. The van der Waals surface area contributed by atoms with Crippen LogP contribution in [0.25, 0.3) is 11.1 Å². The van der Waals surface area contributed by atoms with Gasteiger partial charge in [-0.2, -0.15) is 0 Å². The first-order chi connectivity index (χ1) is 13.2. The van der Waals surface area contributed by atoms with Crippen LogP contribution in [-0.2, 0) is 5.75 Å². The highest BCUT2D eigenvalue weighted by molar-refractivity contribution is 7.98. The second kappa shape index (κ2) is 9.58. The third kappa shape index (κ3) is 5.11. The van der Waals surface area contributed by atoms with E-state index in [0.717, 1.165) is 36.3 Å². The number of nitrogens with zero attached hydrogens (tertiary/aromatic N) is 2. The van der Waals surface area contributed by atoms with Crippen LogP contribution < -0.4 is 5.32 Å². The summed E-state index contributed by atoms with van der Waals surface area (Å²) in [5, 5.41) is 3.65. The van der Waals surface area contributed by atoms with Crippen molar-refractivity contribution >= 4 is 28.8 Å². The quantitative estimate of drug-likeness (QED) is 0.562. The Hall–Kier alpha value is -2.31. The first-order valence-corrected chi connectivity index (χ1v) is 10.3. The van der Waals surface area contributed by atoms with Gasteiger partial charge in [-0.1, -0.05) is 55.9 Å². The summed E-state index contributed by atoms with van der Waals surface area (Å²) in [6.45, 7) is 7.74. The van der Waals surface area contributed by atoms with Crippen LogP contribution in [0.2, 0.25) is 0 Å². The predicted molar refractivity (Wildman–Crippen MR) is 110 cm³/mol. The van der Waals surface area contributed by atoms with E-state index in [-0.39, 0.29) is 5.91 Å². The van der Waals surface area contributed by atoms with E-state index in [1.807, 2.05) is 48.5 Å². The minimum Gasteiger partial charge on any atom is -0.431 e. The molecule has 1 N–H and O–H groups in total. The van der Waals surface area contributed by atoms with Gasteiger partial charge >= 0.3 is 0 Å². The fourth-order valence-corrected chi connectivity index (χ4v) is 3.72. The van der Waals surface area contributed by atoms with E-state index in [4.69, 9.17) is 4.42 Å². The number of carbonyl (C=O) groups is 1. The molecule has 3 aromatic rings. The average Bonchev–Trinajstić information content (AvgIpc) is 3.13. The molecule has 2 aromatic carbocycles. The van der Waals surface area contributed by atoms with E-state index in [9.17, 15) is 4.79 Å². The second-order valence-corrected chi connectivity index (χ2v) is 7.10. The summed E-state index contributed by atoms with van der Waals surface area (Å²) in [4.78, 5) is 19.4. The Bertz CT molecular complexity index is 857. The topological polar surface area (TPSA) is 58.4 Å². The molecule has 0 spiro atoms. The Morgan fingerprint density at radius 3 is 2.63 bits per heavy atom. The van der Waals surface area contributed by atoms with Gasteiger partial charge in [-0.15, -0.1) is 0 Å². The fraction of sp³-hybridized carbons (Fsp3) is 0.333. The van der Waals surface area contributed by atoms with Crippen molar-refractivity contribution in [1.82, 2.24) is 15.2 Å². The molecule has 0 saturated carbocycles. The molecule has 0 aliphatic carbocycles. The van der Waals surface area contributed by atoms with E-state index in [1.165, 1.54) is 11.8 Å². The minimum atomic E-state index is -0.0316. The molecule has 142 valence electrons. The maximum absolute atomic E-state index is 12.6. The van der Waals surface area contributed by atoms with Crippen molar-refractivity contribution < 1.29 is 9.21 Å². The maximum Gasteiger partial charge on any atom is 0.257 e. The number of likely N-dealkylation sites (N-methyl/N-ethyl adjacent to an activating group) is 1. The highest BCUT2D eigenvalue weighted by Crippen LogP contribution is 2.27. The van der Waals surface area contributed by atoms with E-state index >= 15 is 0 Å². The third-order valence-corrected chi connectivity index (χ3v) is 5.37. The molecule has 1 heterocycles. The lowest BCUT2D eigenvalue weighted by Gasteiger charge is -2.18. The van der Waals surface area contributed by atoms with Crippen LogP contribution in [0.5, 0.6) is 0 Å². The highest BCUT2D eigenvalue weighted by Gasteiger charge is 2.13. The first kappa shape index (κ1) is 19.5. The molecule has 0 bridgehead atoms. The standard InChI is InChI=1S/C21H25N3O2S/c1-3-24(4-2)14-13-22-20(25)17-10-6-5-9-16(17)15-27-21-23-18-11-7-8-12-19(18)26-21/h5-12H,3-4,13-15H2,1-2H3,(H,22,25). The number of benzene rings is 2. The van der Waals surface area contributed by atoms with Crippen molar-refractivity contribution in [3.63, 3.8) is 0 Å². The van der Waals surface area contributed by atoms with Crippen molar-refractivity contribution in [3.8, 4) is 0 Å². The Morgan fingerprint density at radius 1 is 1.11 bits per heavy atom. The number of thioether (sulfide) groups is 1. The lowest BCUT2D eigenvalue weighted by Crippen LogP contribution is -2.35. The summed E-state index contributed by atoms with van der Waals surface area (Å²) >= 11 is 1.50. The van der Waals surface area contributed by atoms with Crippen LogP contribution in [0.3, 0.4) is 0 Å². The van der Waals surface area contributed by atoms with Gasteiger partial charge < -0.3 is 14.6 Å². The zero-order valence-electron chi connectivity index (χ0n) is 15.8. The number of carbonyl (C=O) groups excluding carboxylic acids is 1. The molecule has 0 radical (unpaired) electrons. The molecule has 0 aliphatic rings. The Kier molecular flexibility index (Phi) is 6.90. The number of amides is 1.